The maximum absolute atomic E-state index is 12.3. The van der Waals surface area contributed by atoms with E-state index in [9.17, 15) is 9.59 Å². The molecule has 1 heterocycles. The van der Waals surface area contributed by atoms with Gasteiger partial charge in [-0.3, -0.25) is 9.78 Å². The zero-order chi connectivity index (χ0) is 16.1. The van der Waals surface area contributed by atoms with Crippen molar-refractivity contribution in [2.24, 2.45) is 0 Å². The summed E-state index contributed by atoms with van der Waals surface area (Å²) in [5.74, 6) is -0.793. The maximum atomic E-state index is 12.3. The first-order valence-corrected chi connectivity index (χ1v) is 7.75. The van der Waals surface area contributed by atoms with Crippen LogP contribution >= 0.6 is 15.9 Å². The topological polar surface area (TPSA) is 56.3 Å². The van der Waals surface area contributed by atoms with Crippen molar-refractivity contribution in [1.82, 2.24) is 4.98 Å². The Morgan fingerprint density at radius 2 is 1.86 bits per heavy atom. The molecule has 4 nitrogen and oxygen atoms in total. The van der Waals surface area contributed by atoms with E-state index in [0.717, 1.165) is 12.0 Å². The van der Waals surface area contributed by atoms with Gasteiger partial charge in [0.25, 0.3) is 0 Å². The van der Waals surface area contributed by atoms with Gasteiger partial charge in [0.05, 0.1) is 5.56 Å². The predicted molar refractivity (Wildman–Crippen MR) is 87.0 cm³/mol. The van der Waals surface area contributed by atoms with Crippen LogP contribution in [0, 0.1) is 0 Å². The zero-order valence-corrected chi connectivity index (χ0v) is 14.0. The van der Waals surface area contributed by atoms with Gasteiger partial charge in [-0.1, -0.05) is 31.2 Å². The lowest BCUT2D eigenvalue weighted by atomic mass is 10.0. The number of aryl methyl sites for hydroxylation is 1. The summed E-state index contributed by atoms with van der Waals surface area (Å²) in [6.45, 7) is 3.62. The molecule has 1 atom stereocenters. The minimum Gasteiger partial charge on any atom is -0.451 e. The molecule has 0 aliphatic rings. The molecular weight excluding hydrogens is 346 g/mol. The molecule has 22 heavy (non-hydrogen) atoms. The van der Waals surface area contributed by atoms with E-state index in [1.807, 2.05) is 19.1 Å². The summed E-state index contributed by atoms with van der Waals surface area (Å²) in [6.07, 6.45) is 3.04. The molecule has 0 spiro atoms. The minimum atomic E-state index is -0.848. The lowest BCUT2D eigenvalue weighted by Crippen LogP contribution is -2.24. The highest BCUT2D eigenvalue weighted by Crippen LogP contribution is 2.13. The normalized spacial score (nSPS) is 11.8. The standard InChI is InChI=1S/C17H16BrNO3/c1-3-12-4-6-13(7-5-12)16(20)11(2)22-17(21)14-8-15(18)10-19-9-14/h4-11H,3H2,1-2H3. The van der Waals surface area contributed by atoms with Gasteiger partial charge < -0.3 is 4.74 Å². The monoisotopic (exact) mass is 361 g/mol. The molecule has 0 bridgehead atoms. The summed E-state index contributed by atoms with van der Waals surface area (Å²) in [5.41, 5.74) is 1.99. The smallest absolute Gasteiger partial charge is 0.340 e. The van der Waals surface area contributed by atoms with Crippen molar-refractivity contribution in [3.63, 3.8) is 0 Å². The second-order valence-corrected chi connectivity index (χ2v) is 5.77. The number of nitrogens with zero attached hydrogens (tertiary/aromatic N) is 1. The van der Waals surface area contributed by atoms with Gasteiger partial charge in [-0.2, -0.15) is 0 Å². The van der Waals surface area contributed by atoms with Crippen molar-refractivity contribution < 1.29 is 14.3 Å². The van der Waals surface area contributed by atoms with Crippen molar-refractivity contribution in [2.45, 2.75) is 26.4 Å². The Hall–Kier alpha value is -2.01. The van der Waals surface area contributed by atoms with Gasteiger partial charge in [-0.15, -0.1) is 0 Å². The van der Waals surface area contributed by atoms with Crippen LogP contribution in [0.5, 0.6) is 0 Å². The van der Waals surface area contributed by atoms with Crippen LogP contribution in [0.4, 0.5) is 0 Å². The van der Waals surface area contributed by atoms with E-state index >= 15 is 0 Å². The number of carbonyl (C=O) groups is 2. The first-order valence-electron chi connectivity index (χ1n) is 6.96. The molecule has 0 saturated heterocycles. The number of rotatable bonds is 5. The molecule has 2 rings (SSSR count). The number of hydrogen-bond acceptors (Lipinski definition) is 4. The van der Waals surface area contributed by atoms with Crippen LogP contribution in [0.1, 0.15) is 40.1 Å². The number of ether oxygens (including phenoxy) is 1. The molecule has 1 aromatic heterocycles. The van der Waals surface area contributed by atoms with Gasteiger partial charge in [0, 0.05) is 22.4 Å². The van der Waals surface area contributed by atoms with Crippen molar-refractivity contribution in [1.29, 1.82) is 0 Å². The predicted octanol–water partition coefficient (Wildman–Crippen LogP) is 3.83. The van der Waals surface area contributed by atoms with Crippen LogP contribution in [0.3, 0.4) is 0 Å². The van der Waals surface area contributed by atoms with Crippen LogP contribution in [0.25, 0.3) is 0 Å². The fourth-order valence-electron chi connectivity index (χ4n) is 1.95. The molecule has 0 saturated carbocycles. The summed E-state index contributed by atoms with van der Waals surface area (Å²) in [7, 11) is 0. The number of carbonyl (C=O) groups excluding carboxylic acids is 2. The molecule has 0 aliphatic carbocycles. The molecule has 0 aliphatic heterocycles. The Balaban J connectivity index is 2.05. The van der Waals surface area contributed by atoms with Crippen molar-refractivity contribution in [2.75, 3.05) is 0 Å². The van der Waals surface area contributed by atoms with E-state index in [1.165, 1.54) is 6.20 Å². The number of ketones is 1. The molecule has 0 radical (unpaired) electrons. The van der Waals surface area contributed by atoms with E-state index in [-0.39, 0.29) is 5.78 Å². The number of hydrogen-bond donors (Lipinski definition) is 0. The largest absolute Gasteiger partial charge is 0.451 e. The fraction of sp³-hybridized carbons (Fsp3) is 0.235. The van der Waals surface area contributed by atoms with Crippen LogP contribution in [0.15, 0.2) is 47.2 Å². The number of pyridine rings is 1. The molecule has 0 N–H and O–H groups in total. The molecule has 114 valence electrons. The van der Waals surface area contributed by atoms with Crippen LogP contribution in [-0.2, 0) is 11.2 Å². The summed E-state index contributed by atoms with van der Waals surface area (Å²) in [5, 5.41) is 0. The number of esters is 1. The second kappa shape index (κ2) is 7.31. The first kappa shape index (κ1) is 16.4. The van der Waals surface area contributed by atoms with E-state index in [0.29, 0.717) is 15.6 Å². The van der Waals surface area contributed by atoms with Gasteiger partial charge in [0.1, 0.15) is 0 Å². The minimum absolute atomic E-state index is 0.223. The summed E-state index contributed by atoms with van der Waals surface area (Å²) < 4.78 is 5.89. The molecule has 0 amide bonds. The quantitative estimate of drug-likeness (QED) is 0.599. The summed E-state index contributed by atoms with van der Waals surface area (Å²) in [6, 6.07) is 8.92. The van der Waals surface area contributed by atoms with E-state index < -0.39 is 12.1 Å². The maximum Gasteiger partial charge on any atom is 0.340 e. The third kappa shape index (κ3) is 4.01. The third-order valence-corrected chi connectivity index (χ3v) is 3.67. The summed E-state index contributed by atoms with van der Waals surface area (Å²) >= 11 is 3.24. The Bertz CT molecular complexity index is 683. The van der Waals surface area contributed by atoms with Gasteiger partial charge in [-0.25, -0.2) is 4.79 Å². The van der Waals surface area contributed by atoms with Crippen LogP contribution in [0.2, 0.25) is 0 Å². The van der Waals surface area contributed by atoms with Crippen molar-refractivity contribution in [3.8, 4) is 0 Å². The Kier molecular flexibility index (Phi) is 5.44. The lowest BCUT2D eigenvalue weighted by Gasteiger charge is -2.12. The Labute approximate surface area is 137 Å². The average Bonchev–Trinajstić information content (AvgIpc) is 2.54. The Morgan fingerprint density at radius 1 is 1.18 bits per heavy atom. The van der Waals surface area contributed by atoms with E-state index in [1.54, 1.807) is 31.3 Å². The van der Waals surface area contributed by atoms with Crippen LogP contribution in [-0.4, -0.2) is 22.8 Å². The second-order valence-electron chi connectivity index (χ2n) is 4.85. The highest BCUT2D eigenvalue weighted by Gasteiger charge is 2.20. The molecular formula is C17H16BrNO3. The van der Waals surface area contributed by atoms with Crippen LogP contribution < -0.4 is 0 Å². The highest BCUT2D eigenvalue weighted by atomic mass is 79.9. The van der Waals surface area contributed by atoms with Gasteiger partial charge in [-0.05, 0) is 40.9 Å². The number of Topliss-reactive ketones (excluding diaryl/α,β-unsaturated/α-hetero) is 1. The van der Waals surface area contributed by atoms with Crippen molar-refractivity contribution >= 4 is 27.7 Å². The summed E-state index contributed by atoms with van der Waals surface area (Å²) in [4.78, 5) is 28.2. The Morgan fingerprint density at radius 3 is 2.45 bits per heavy atom. The average molecular weight is 362 g/mol. The number of benzene rings is 1. The number of halogens is 1. The van der Waals surface area contributed by atoms with E-state index in [2.05, 4.69) is 20.9 Å². The highest BCUT2D eigenvalue weighted by molar-refractivity contribution is 9.10. The van der Waals surface area contributed by atoms with Gasteiger partial charge in [0.15, 0.2) is 6.10 Å². The van der Waals surface area contributed by atoms with E-state index in [4.69, 9.17) is 4.74 Å². The fourth-order valence-corrected chi connectivity index (χ4v) is 2.31. The van der Waals surface area contributed by atoms with Crippen molar-refractivity contribution in [3.05, 3.63) is 63.9 Å². The van der Waals surface area contributed by atoms with Gasteiger partial charge in [0.2, 0.25) is 5.78 Å². The molecule has 2 aromatic rings. The lowest BCUT2D eigenvalue weighted by molar-refractivity contribution is 0.0318. The first-order chi connectivity index (χ1) is 10.5. The molecule has 1 aromatic carbocycles. The zero-order valence-electron chi connectivity index (χ0n) is 12.4. The van der Waals surface area contributed by atoms with Gasteiger partial charge >= 0.3 is 5.97 Å². The molecule has 1 unspecified atom stereocenters. The molecule has 5 heteroatoms. The number of aromatic nitrogens is 1. The third-order valence-electron chi connectivity index (χ3n) is 3.24. The molecule has 0 fully saturated rings. The SMILES string of the molecule is CCc1ccc(C(=O)C(C)OC(=O)c2cncc(Br)c2)cc1.